The van der Waals surface area contributed by atoms with E-state index in [1.54, 1.807) is 6.07 Å². The van der Waals surface area contributed by atoms with Crippen molar-refractivity contribution in [3.63, 3.8) is 0 Å². The predicted molar refractivity (Wildman–Crippen MR) is 66.1 cm³/mol. The van der Waals surface area contributed by atoms with Gasteiger partial charge in [0.25, 0.3) is 0 Å². The molecule has 0 amide bonds. The Morgan fingerprint density at radius 3 is 2.62 bits per heavy atom. The minimum absolute atomic E-state index is 0.0802. The van der Waals surface area contributed by atoms with Gasteiger partial charge in [0.1, 0.15) is 5.75 Å². The lowest BCUT2D eigenvalue weighted by Crippen LogP contribution is -2.11. The summed E-state index contributed by atoms with van der Waals surface area (Å²) >= 11 is 0. The Morgan fingerprint density at radius 1 is 1.38 bits per heavy atom. The normalized spacial score (nSPS) is 11.6. The summed E-state index contributed by atoms with van der Waals surface area (Å²) in [5.74, 6) is 0.324. The highest BCUT2D eigenvalue weighted by Gasteiger charge is 2.17. The van der Waals surface area contributed by atoms with Crippen LogP contribution in [0.3, 0.4) is 0 Å². The van der Waals surface area contributed by atoms with E-state index in [9.17, 15) is 5.11 Å². The maximum Gasteiger partial charge on any atom is 0.119 e. The molecule has 16 heavy (non-hydrogen) atoms. The summed E-state index contributed by atoms with van der Waals surface area (Å²) in [5, 5.41) is 18.2. The molecule has 0 aliphatic rings. The van der Waals surface area contributed by atoms with Crippen molar-refractivity contribution >= 4 is 6.08 Å². The molecular formula is C14H17NO. The molecule has 0 heterocycles. The number of nitriles is 1. The predicted octanol–water partition coefficient (Wildman–Crippen LogP) is 3.62. The molecule has 0 fully saturated rings. The van der Waals surface area contributed by atoms with Crippen LogP contribution in [0.1, 0.15) is 38.3 Å². The summed E-state index contributed by atoms with van der Waals surface area (Å²) in [6.07, 6.45) is 4.13. The van der Waals surface area contributed by atoms with Crippen molar-refractivity contribution in [3.8, 4) is 11.8 Å². The van der Waals surface area contributed by atoms with E-state index >= 15 is 0 Å². The Morgan fingerprint density at radius 2 is 2.06 bits per heavy atom. The summed E-state index contributed by atoms with van der Waals surface area (Å²) in [6.45, 7) is 6.18. The average Bonchev–Trinajstić information content (AvgIpc) is 2.19. The smallest absolute Gasteiger partial charge is 0.119 e. The van der Waals surface area contributed by atoms with Crippen molar-refractivity contribution in [1.82, 2.24) is 0 Å². The maximum absolute atomic E-state index is 9.77. The Labute approximate surface area is 96.8 Å². The van der Waals surface area contributed by atoms with Crippen LogP contribution >= 0.6 is 0 Å². The van der Waals surface area contributed by atoms with E-state index in [1.807, 2.05) is 24.3 Å². The molecule has 1 N–H and O–H groups in total. The molecule has 1 rings (SSSR count). The van der Waals surface area contributed by atoms with E-state index in [2.05, 4.69) is 26.8 Å². The third kappa shape index (κ3) is 3.13. The number of hydrogen-bond donors (Lipinski definition) is 1. The monoisotopic (exact) mass is 215 g/mol. The van der Waals surface area contributed by atoms with E-state index in [-0.39, 0.29) is 5.41 Å². The molecule has 0 aliphatic heterocycles. The molecule has 0 spiro atoms. The number of phenolic OH excluding ortho intramolecular Hbond substituents is 1. The second kappa shape index (κ2) is 4.85. The van der Waals surface area contributed by atoms with Crippen LogP contribution in [0, 0.1) is 11.3 Å². The molecule has 2 nitrogen and oxygen atoms in total. The number of allylic oxidation sites excluding steroid dienone is 1. The first-order valence-corrected chi connectivity index (χ1v) is 5.32. The summed E-state index contributed by atoms with van der Waals surface area (Å²) in [4.78, 5) is 0. The summed E-state index contributed by atoms with van der Waals surface area (Å²) < 4.78 is 0. The number of rotatable bonds is 2. The highest BCUT2D eigenvalue weighted by atomic mass is 16.3. The van der Waals surface area contributed by atoms with Gasteiger partial charge in [-0.15, -0.1) is 0 Å². The summed E-state index contributed by atoms with van der Waals surface area (Å²) in [5.41, 5.74) is 1.85. The van der Waals surface area contributed by atoms with Crippen molar-refractivity contribution in [1.29, 1.82) is 5.26 Å². The Hall–Kier alpha value is -1.75. The second-order valence-corrected chi connectivity index (χ2v) is 4.79. The van der Waals surface area contributed by atoms with Crippen molar-refractivity contribution in [2.24, 2.45) is 0 Å². The average molecular weight is 215 g/mol. The van der Waals surface area contributed by atoms with Crippen LogP contribution in [0.15, 0.2) is 24.3 Å². The van der Waals surface area contributed by atoms with Gasteiger partial charge in [-0.25, -0.2) is 0 Å². The van der Waals surface area contributed by atoms with Crippen LogP contribution in [-0.4, -0.2) is 5.11 Å². The molecule has 84 valence electrons. The number of phenols is 1. The summed E-state index contributed by atoms with van der Waals surface area (Å²) in [7, 11) is 0. The highest BCUT2D eigenvalue weighted by molar-refractivity contribution is 5.54. The first-order chi connectivity index (χ1) is 7.45. The van der Waals surface area contributed by atoms with E-state index in [4.69, 9.17) is 5.26 Å². The van der Waals surface area contributed by atoms with Crippen molar-refractivity contribution in [2.45, 2.75) is 32.6 Å². The molecule has 0 saturated carbocycles. The molecule has 0 bridgehead atoms. The quantitative estimate of drug-likeness (QED) is 0.818. The standard InChI is InChI=1S/C14H17NO/c1-14(2,3)12-10-11(6-4-5-9-15)7-8-13(12)16/h4,6-8,10,16H,5H2,1-3H3. The molecule has 0 atom stereocenters. The fraction of sp³-hybridized carbons (Fsp3) is 0.357. The fourth-order valence-corrected chi connectivity index (χ4v) is 1.51. The van der Waals surface area contributed by atoms with E-state index in [0.717, 1.165) is 11.1 Å². The zero-order valence-electron chi connectivity index (χ0n) is 9.99. The topological polar surface area (TPSA) is 44.0 Å². The lowest BCUT2D eigenvalue weighted by molar-refractivity contribution is 0.446. The van der Waals surface area contributed by atoms with Crippen molar-refractivity contribution in [3.05, 3.63) is 35.4 Å². The van der Waals surface area contributed by atoms with Crippen LogP contribution < -0.4 is 0 Å². The molecule has 1 aromatic carbocycles. The molecule has 0 aromatic heterocycles. The van der Waals surface area contributed by atoms with Crippen LogP contribution in [0.4, 0.5) is 0 Å². The second-order valence-electron chi connectivity index (χ2n) is 4.79. The maximum atomic E-state index is 9.77. The van der Waals surface area contributed by atoms with Gasteiger partial charge in [-0.2, -0.15) is 5.26 Å². The number of aromatic hydroxyl groups is 1. The first kappa shape index (κ1) is 12.3. The lowest BCUT2D eigenvalue weighted by atomic mass is 9.85. The van der Waals surface area contributed by atoms with E-state index in [1.165, 1.54) is 0 Å². The van der Waals surface area contributed by atoms with Crippen LogP contribution in [0.25, 0.3) is 6.08 Å². The number of benzene rings is 1. The van der Waals surface area contributed by atoms with Crippen LogP contribution in [0.5, 0.6) is 5.75 Å². The minimum atomic E-state index is -0.0802. The Kier molecular flexibility index (Phi) is 3.73. The fourth-order valence-electron chi connectivity index (χ4n) is 1.51. The molecular weight excluding hydrogens is 198 g/mol. The van der Waals surface area contributed by atoms with Gasteiger partial charge in [0.05, 0.1) is 12.5 Å². The van der Waals surface area contributed by atoms with Gasteiger partial charge >= 0.3 is 0 Å². The van der Waals surface area contributed by atoms with Gasteiger partial charge in [0, 0.05) is 0 Å². The van der Waals surface area contributed by atoms with E-state index < -0.39 is 0 Å². The van der Waals surface area contributed by atoms with Gasteiger partial charge < -0.3 is 5.11 Å². The largest absolute Gasteiger partial charge is 0.508 e. The molecule has 0 saturated heterocycles. The number of hydrogen-bond acceptors (Lipinski definition) is 2. The van der Waals surface area contributed by atoms with Crippen molar-refractivity contribution in [2.75, 3.05) is 0 Å². The third-order valence-electron chi connectivity index (χ3n) is 2.35. The van der Waals surface area contributed by atoms with Crippen LogP contribution in [0.2, 0.25) is 0 Å². The SMILES string of the molecule is CC(C)(C)c1cc(C=CCC#N)ccc1O. The van der Waals surface area contributed by atoms with Gasteiger partial charge in [0.15, 0.2) is 0 Å². The van der Waals surface area contributed by atoms with Crippen LogP contribution in [-0.2, 0) is 5.41 Å². The zero-order valence-corrected chi connectivity index (χ0v) is 9.99. The van der Waals surface area contributed by atoms with Crippen molar-refractivity contribution < 1.29 is 5.11 Å². The lowest BCUT2D eigenvalue weighted by Gasteiger charge is -2.20. The first-order valence-electron chi connectivity index (χ1n) is 5.32. The molecule has 0 aliphatic carbocycles. The van der Waals surface area contributed by atoms with Gasteiger partial charge in [-0.3, -0.25) is 0 Å². The third-order valence-corrected chi connectivity index (χ3v) is 2.35. The molecule has 2 heteroatoms. The minimum Gasteiger partial charge on any atom is -0.508 e. The van der Waals surface area contributed by atoms with E-state index in [0.29, 0.717) is 12.2 Å². The van der Waals surface area contributed by atoms with Gasteiger partial charge in [0.2, 0.25) is 0 Å². The zero-order chi connectivity index (χ0) is 12.2. The van der Waals surface area contributed by atoms with Gasteiger partial charge in [-0.05, 0) is 28.7 Å². The molecule has 1 aromatic rings. The van der Waals surface area contributed by atoms with Gasteiger partial charge in [-0.1, -0.05) is 39.0 Å². The molecule has 0 radical (unpaired) electrons. The molecule has 0 unspecified atom stereocenters. The number of nitrogens with zero attached hydrogens (tertiary/aromatic N) is 1. The Bertz CT molecular complexity index is 433. The summed E-state index contributed by atoms with van der Waals surface area (Å²) in [6, 6.07) is 7.57. The Balaban J connectivity index is 3.04. The highest BCUT2D eigenvalue weighted by Crippen LogP contribution is 2.31.